The Balaban J connectivity index is 1.78. The van der Waals surface area contributed by atoms with Crippen LogP contribution < -0.4 is 5.32 Å². The van der Waals surface area contributed by atoms with Crippen LogP contribution in [0.1, 0.15) is 25.7 Å². The van der Waals surface area contributed by atoms with Crippen molar-refractivity contribution in [2.24, 2.45) is 0 Å². The van der Waals surface area contributed by atoms with Gasteiger partial charge in [0.2, 0.25) is 0 Å². The quantitative estimate of drug-likeness (QED) is 0.763. The van der Waals surface area contributed by atoms with Crippen molar-refractivity contribution in [1.82, 2.24) is 13.9 Å². The molecule has 2 heterocycles. The molecule has 2 aliphatic heterocycles. The Morgan fingerprint density at radius 2 is 1.95 bits per heavy atom. The van der Waals surface area contributed by atoms with E-state index < -0.39 is 10.2 Å². The lowest BCUT2D eigenvalue weighted by Gasteiger charge is -2.39. The van der Waals surface area contributed by atoms with E-state index in [1.165, 1.54) is 0 Å². The standard InChI is InChI=1S/C12H23N3O3S/c16-19(17,14-7-2-5-13-6-8-14)15-9-10-18-12-4-1-3-11(12)15/h11-13H,1-10H2. The smallest absolute Gasteiger partial charge is 0.282 e. The first-order chi connectivity index (χ1) is 9.19. The fourth-order valence-corrected chi connectivity index (χ4v) is 5.24. The molecule has 2 unspecified atom stereocenters. The van der Waals surface area contributed by atoms with Gasteiger partial charge in [-0.05, 0) is 32.2 Å². The van der Waals surface area contributed by atoms with E-state index >= 15 is 0 Å². The van der Waals surface area contributed by atoms with Crippen molar-refractivity contribution in [1.29, 1.82) is 0 Å². The molecule has 19 heavy (non-hydrogen) atoms. The van der Waals surface area contributed by atoms with E-state index in [0.717, 1.165) is 38.8 Å². The van der Waals surface area contributed by atoms with E-state index in [9.17, 15) is 8.42 Å². The molecule has 0 radical (unpaired) electrons. The Hall–Kier alpha value is -0.210. The molecule has 3 rings (SSSR count). The Morgan fingerprint density at radius 1 is 1.05 bits per heavy atom. The van der Waals surface area contributed by atoms with E-state index in [4.69, 9.17) is 4.74 Å². The molecule has 1 N–H and O–H groups in total. The Labute approximate surface area is 115 Å². The van der Waals surface area contributed by atoms with Crippen LogP contribution in [0.2, 0.25) is 0 Å². The van der Waals surface area contributed by atoms with Crippen LogP contribution in [0, 0.1) is 0 Å². The van der Waals surface area contributed by atoms with Crippen LogP contribution in [0.4, 0.5) is 0 Å². The zero-order valence-corrected chi connectivity index (χ0v) is 12.1. The second kappa shape index (κ2) is 5.65. The maximum Gasteiger partial charge on any atom is 0.282 e. The van der Waals surface area contributed by atoms with Gasteiger partial charge in [0.05, 0.1) is 18.8 Å². The molecule has 6 nitrogen and oxygen atoms in total. The highest BCUT2D eigenvalue weighted by atomic mass is 32.2. The molecule has 2 saturated heterocycles. The van der Waals surface area contributed by atoms with Crippen LogP contribution in [-0.4, -0.2) is 68.5 Å². The second-order valence-corrected chi connectivity index (χ2v) is 7.41. The molecule has 3 fully saturated rings. The lowest BCUT2D eigenvalue weighted by atomic mass is 10.2. The van der Waals surface area contributed by atoms with Crippen LogP contribution >= 0.6 is 0 Å². The van der Waals surface area contributed by atoms with E-state index in [-0.39, 0.29) is 12.1 Å². The van der Waals surface area contributed by atoms with Crippen molar-refractivity contribution in [2.75, 3.05) is 39.3 Å². The number of morpholine rings is 1. The summed E-state index contributed by atoms with van der Waals surface area (Å²) in [5, 5.41) is 3.25. The van der Waals surface area contributed by atoms with Crippen LogP contribution in [-0.2, 0) is 14.9 Å². The largest absolute Gasteiger partial charge is 0.375 e. The summed E-state index contributed by atoms with van der Waals surface area (Å²) in [7, 11) is -3.32. The normalized spacial score (nSPS) is 34.9. The summed E-state index contributed by atoms with van der Waals surface area (Å²) in [6.07, 6.45) is 4.02. The minimum Gasteiger partial charge on any atom is -0.375 e. The predicted molar refractivity (Wildman–Crippen MR) is 72.1 cm³/mol. The van der Waals surface area contributed by atoms with E-state index in [2.05, 4.69) is 5.32 Å². The summed E-state index contributed by atoms with van der Waals surface area (Å²) >= 11 is 0. The summed E-state index contributed by atoms with van der Waals surface area (Å²) in [6.45, 7) is 3.90. The number of hydrogen-bond acceptors (Lipinski definition) is 4. The van der Waals surface area contributed by atoms with Gasteiger partial charge < -0.3 is 10.1 Å². The summed E-state index contributed by atoms with van der Waals surface area (Å²) in [5.41, 5.74) is 0. The van der Waals surface area contributed by atoms with Crippen LogP contribution in [0.5, 0.6) is 0 Å². The third-order valence-corrected chi connectivity index (χ3v) is 6.42. The number of rotatable bonds is 2. The minimum absolute atomic E-state index is 0.0648. The molecule has 0 aromatic heterocycles. The van der Waals surface area contributed by atoms with Crippen molar-refractivity contribution >= 4 is 10.2 Å². The second-order valence-electron chi connectivity index (χ2n) is 5.53. The van der Waals surface area contributed by atoms with Crippen molar-refractivity contribution in [2.45, 2.75) is 37.8 Å². The molecule has 110 valence electrons. The van der Waals surface area contributed by atoms with E-state index in [1.807, 2.05) is 0 Å². The molecule has 0 amide bonds. The average molecular weight is 289 g/mol. The number of fused-ring (bicyclic) bond motifs is 1. The van der Waals surface area contributed by atoms with Crippen molar-refractivity contribution < 1.29 is 13.2 Å². The van der Waals surface area contributed by atoms with Gasteiger partial charge in [0.1, 0.15) is 0 Å². The first-order valence-corrected chi connectivity index (χ1v) is 8.68. The molecular weight excluding hydrogens is 266 g/mol. The fraction of sp³-hybridized carbons (Fsp3) is 1.00. The maximum atomic E-state index is 12.8. The molecule has 3 aliphatic rings. The molecule has 7 heteroatoms. The maximum absolute atomic E-state index is 12.8. The highest BCUT2D eigenvalue weighted by Crippen LogP contribution is 2.32. The van der Waals surface area contributed by atoms with Gasteiger partial charge in [-0.1, -0.05) is 0 Å². The molecule has 1 aliphatic carbocycles. The molecule has 2 atom stereocenters. The average Bonchev–Trinajstić information content (AvgIpc) is 2.70. The molecular formula is C12H23N3O3S. The third kappa shape index (κ3) is 2.67. The van der Waals surface area contributed by atoms with Gasteiger partial charge in [-0.3, -0.25) is 0 Å². The first kappa shape index (κ1) is 13.8. The Kier molecular flexibility index (Phi) is 4.09. The first-order valence-electron chi connectivity index (χ1n) is 7.29. The molecule has 0 aromatic carbocycles. The minimum atomic E-state index is -3.32. The molecule has 0 aromatic rings. The van der Waals surface area contributed by atoms with Crippen molar-refractivity contribution in [3.63, 3.8) is 0 Å². The molecule has 0 bridgehead atoms. The Bertz CT molecular complexity index is 406. The SMILES string of the molecule is O=S(=O)(N1CCCNCC1)N1CCOC2CCCC21. The van der Waals surface area contributed by atoms with Crippen LogP contribution in [0.25, 0.3) is 0 Å². The van der Waals surface area contributed by atoms with Gasteiger partial charge in [-0.25, -0.2) is 0 Å². The number of ether oxygens (including phenoxy) is 1. The number of hydrogen-bond donors (Lipinski definition) is 1. The van der Waals surface area contributed by atoms with Gasteiger partial charge in [0, 0.05) is 26.2 Å². The lowest BCUT2D eigenvalue weighted by molar-refractivity contribution is -0.0260. The zero-order valence-electron chi connectivity index (χ0n) is 11.3. The van der Waals surface area contributed by atoms with Crippen molar-refractivity contribution in [3.05, 3.63) is 0 Å². The monoisotopic (exact) mass is 289 g/mol. The molecule has 0 spiro atoms. The summed E-state index contributed by atoms with van der Waals surface area (Å²) in [6, 6.07) is 0.0648. The third-order valence-electron chi connectivity index (χ3n) is 4.35. The fourth-order valence-electron chi connectivity index (χ4n) is 3.38. The highest BCUT2D eigenvalue weighted by molar-refractivity contribution is 7.86. The number of nitrogens with zero attached hydrogens (tertiary/aromatic N) is 2. The number of nitrogens with one attached hydrogen (secondary N) is 1. The predicted octanol–water partition coefficient (Wildman–Crippen LogP) is -0.220. The van der Waals surface area contributed by atoms with Gasteiger partial charge >= 0.3 is 0 Å². The molecule has 1 saturated carbocycles. The van der Waals surface area contributed by atoms with Gasteiger partial charge in [0.15, 0.2) is 0 Å². The summed E-state index contributed by atoms with van der Waals surface area (Å²) < 4.78 is 34.7. The zero-order chi connectivity index (χ0) is 13.3. The van der Waals surface area contributed by atoms with Gasteiger partial charge in [-0.2, -0.15) is 17.0 Å². The van der Waals surface area contributed by atoms with Crippen LogP contribution in [0.3, 0.4) is 0 Å². The van der Waals surface area contributed by atoms with E-state index in [0.29, 0.717) is 26.2 Å². The Morgan fingerprint density at radius 3 is 2.84 bits per heavy atom. The summed E-state index contributed by atoms with van der Waals surface area (Å²) in [4.78, 5) is 0. The highest BCUT2D eigenvalue weighted by Gasteiger charge is 2.43. The van der Waals surface area contributed by atoms with Crippen LogP contribution in [0.15, 0.2) is 0 Å². The van der Waals surface area contributed by atoms with Gasteiger partial charge in [-0.15, -0.1) is 0 Å². The van der Waals surface area contributed by atoms with Crippen molar-refractivity contribution in [3.8, 4) is 0 Å². The lowest BCUT2D eigenvalue weighted by Crippen LogP contribution is -2.56. The van der Waals surface area contributed by atoms with E-state index in [1.54, 1.807) is 8.61 Å². The topological polar surface area (TPSA) is 61.9 Å². The summed E-state index contributed by atoms with van der Waals surface area (Å²) in [5.74, 6) is 0. The van der Waals surface area contributed by atoms with Gasteiger partial charge in [0.25, 0.3) is 10.2 Å².